The zero-order valence-electron chi connectivity index (χ0n) is 6.18. The summed E-state index contributed by atoms with van der Waals surface area (Å²) in [5.41, 5.74) is 6.58. The van der Waals surface area contributed by atoms with Gasteiger partial charge in [0.25, 0.3) is 0 Å². The zero-order chi connectivity index (χ0) is 7.84. The number of nitrogens with two attached hydrogens (primary N) is 1. The van der Waals surface area contributed by atoms with Crippen molar-refractivity contribution in [1.82, 2.24) is 9.97 Å². The highest BCUT2D eigenvalue weighted by Gasteiger charge is 2.07. The Balaban J connectivity index is 2.91. The van der Waals surface area contributed by atoms with Crippen LogP contribution in [0.25, 0.3) is 11.0 Å². The van der Waals surface area contributed by atoms with Gasteiger partial charge in [-0.3, -0.25) is 4.98 Å². The van der Waals surface area contributed by atoms with Crippen molar-refractivity contribution >= 4 is 16.9 Å². The highest BCUT2D eigenvalue weighted by Crippen LogP contribution is 2.12. The second-order valence-corrected chi connectivity index (χ2v) is 2.47. The van der Waals surface area contributed by atoms with Crippen LogP contribution in [0.3, 0.4) is 0 Å². The van der Waals surface area contributed by atoms with Crippen molar-refractivity contribution in [2.75, 3.05) is 5.73 Å². The molecule has 0 saturated heterocycles. The highest BCUT2D eigenvalue weighted by atomic mass is 15.0. The van der Waals surface area contributed by atoms with Crippen molar-refractivity contribution < 1.29 is 4.98 Å². The standard InChI is InChI=1S/C7H8N4/c1-4-10-6(8)5-2-3-9-7(5)11-4/h2-3H,1H3,(H3,8,9,10,11)/p+1. The molecule has 11 heavy (non-hydrogen) atoms. The molecular formula is C7H9N4+. The molecule has 2 aromatic heterocycles. The number of nitrogens with zero attached hydrogens (tertiary/aromatic N) is 1. The molecule has 0 radical (unpaired) electrons. The Morgan fingerprint density at radius 1 is 1.64 bits per heavy atom. The fourth-order valence-electron chi connectivity index (χ4n) is 1.14. The molecule has 2 aromatic rings. The first-order valence-electron chi connectivity index (χ1n) is 3.40. The van der Waals surface area contributed by atoms with Crippen molar-refractivity contribution in [3.63, 3.8) is 0 Å². The molecule has 2 heterocycles. The summed E-state index contributed by atoms with van der Waals surface area (Å²) in [6, 6.07) is 1.90. The average molecular weight is 149 g/mol. The molecule has 2 rings (SSSR count). The maximum atomic E-state index is 5.65. The van der Waals surface area contributed by atoms with Gasteiger partial charge in [-0.1, -0.05) is 4.98 Å². The lowest BCUT2D eigenvalue weighted by atomic mass is 10.4. The van der Waals surface area contributed by atoms with Crippen LogP contribution in [-0.2, 0) is 0 Å². The third-order valence-electron chi connectivity index (χ3n) is 1.62. The predicted octanol–water partition coefficient (Wildman–Crippen LogP) is 0.268. The molecule has 4 N–H and O–H groups in total. The van der Waals surface area contributed by atoms with Gasteiger partial charge >= 0.3 is 0 Å². The molecule has 0 saturated carbocycles. The van der Waals surface area contributed by atoms with Crippen molar-refractivity contribution in [2.24, 2.45) is 0 Å². The van der Waals surface area contributed by atoms with Gasteiger partial charge in [-0.2, -0.15) is 0 Å². The summed E-state index contributed by atoms with van der Waals surface area (Å²) in [5, 5.41) is 0.940. The third kappa shape index (κ3) is 0.832. The molecule has 0 aliphatic heterocycles. The van der Waals surface area contributed by atoms with Crippen LogP contribution in [0.2, 0.25) is 0 Å². The van der Waals surface area contributed by atoms with Gasteiger partial charge in [0.1, 0.15) is 5.39 Å². The number of nitrogens with one attached hydrogen (secondary N) is 2. The minimum absolute atomic E-state index is 0.567. The van der Waals surface area contributed by atoms with Gasteiger partial charge in [-0.15, -0.1) is 0 Å². The first-order valence-corrected chi connectivity index (χ1v) is 3.40. The van der Waals surface area contributed by atoms with Gasteiger partial charge in [0.15, 0.2) is 0 Å². The lowest BCUT2D eigenvalue weighted by Gasteiger charge is -1.89. The third-order valence-corrected chi connectivity index (χ3v) is 1.62. The fourth-order valence-corrected chi connectivity index (χ4v) is 1.14. The second kappa shape index (κ2) is 1.95. The molecule has 0 bridgehead atoms. The lowest BCUT2D eigenvalue weighted by Crippen LogP contribution is -2.12. The second-order valence-electron chi connectivity index (χ2n) is 2.47. The monoisotopic (exact) mass is 149 g/mol. The maximum Gasteiger partial charge on any atom is 0.236 e. The van der Waals surface area contributed by atoms with E-state index in [1.54, 1.807) is 0 Å². The molecule has 0 spiro atoms. The summed E-state index contributed by atoms with van der Waals surface area (Å²) in [6.45, 7) is 1.87. The summed E-state index contributed by atoms with van der Waals surface area (Å²) in [5.74, 6) is 1.38. The quantitative estimate of drug-likeness (QED) is 0.564. The van der Waals surface area contributed by atoms with E-state index in [9.17, 15) is 0 Å². The number of fused-ring (bicyclic) bond motifs is 1. The fraction of sp³-hybridized carbons (Fsp3) is 0.143. The minimum atomic E-state index is 0.567. The number of hydrogen-bond donors (Lipinski definition) is 2. The lowest BCUT2D eigenvalue weighted by molar-refractivity contribution is -0.362. The van der Waals surface area contributed by atoms with Crippen molar-refractivity contribution in [2.45, 2.75) is 6.92 Å². The van der Waals surface area contributed by atoms with Gasteiger partial charge in [-0.25, -0.2) is 4.98 Å². The predicted molar refractivity (Wildman–Crippen MR) is 41.8 cm³/mol. The van der Waals surface area contributed by atoms with Crippen molar-refractivity contribution in [1.29, 1.82) is 0 Å². The van der Waals surface area contributed by atoms with Crippen LogP contribution in [0.4, 0.5) is 5.82 Å². The van der Waals surface area contributed by atoms with Crippen LogP contribution in [0.15, 0.2) is 12.3 Å². The minimum Gasteiger partial charge on any atom is -0.369 e. The van der Waals surface area contributed by atoms with E-state index in [0.29, 0.717) is 5.82 Å². The number of rotatable bonds is 0. The van der Waals surface area contributed by atoms with Gasteiger partial charge < -0.3 is 5.73 Å². The Kier molecular flexibility index (Phi) is 1.09. The van der Waals surface area contributed by atoms with E-state index in [4.69, 9.17) is 5.73 Å². The van der Waals surface area contributed by atoms with E-state index < -0.39 is 0 Å². The van der Waals surface area contributed by atoms with E-state index in [0.717, 1.165) is 16.9 Å². The van der Waals surface area contributed by atoms with Gasteiger partial charge in [0.05, 0.1) is 6.20 Å². The largest absolute Gasteiger partial charge is 0.369 e. The van der Waals surface area contributed by atoms with Crippen LogP contribution < -0.4 is 10.7 Å². The number of aromatic nitrogens is 3. The number of nitrogen functional groups attached to an aromatic ring is 1. The van der Waals surface area contributed by atoms with Crippen LogP contribution in [0, 0.1) is 6.92 Å². The average Bonchev–Trinajstić information content (AvgIpc) is 2.34. The normalized spacial score (nSPS) is 10.6. The van der Waals surface area contributed by atoms with E-state index >= 15 is 0 Å². The summed E-state index contributed by atoms with van der Waals surface area (Å²) < 4.78 is 0. The number of H-pyrrole nitrogens is 2. The summed E-state index contributed by atoms with van der Waals surface area (Å²) in [4.78, 5) is 10.2. The SMILES string of the molecule is Cc1nc(N)c2cc[nH]c2[nH+]1. The zero-order valence-corrected chi connectivity index (χ0v) is 6.18. The Hall–Kier alpha value is -1.58. The van der Waals surface area contributed by atoms with E-state index in [1.165, 1.54) is 0 Å². The van der Waals surface area contributed by atoms with Crippen molar-refractivity contribution in [3.05, 3.63) is 18.1 Å². The molecule has 0 fully saturated rings. The Bertz CT molecular complexity index is 390. The molecule has 0 atom stereocenters. The highest BCUT2D eigenvalue weighted by molar-refractivity contribution is 5.83. The molecule has 0 unspecified atom stereocenters. The summed E-state index contributed by atoms with van der Waals surface area (Å²) >= 11 is 0. The van der Waals surface area contributed by atoms with E-state index in [-0.39, 0.29) is 0 Å². The Morgan fingerprint density at radius 3 is 3.27 bits per heavy atom. The maximum absolute atomic E-state index is 5.65. The van der Waals surface area contributed by atoms with E-state index in [2.05, 4.69) is 15.0 Å². The van der Waals surface area contributed by atoms with Crippen LogP contribution >= 0.6 is 0 Å². The molecule has 4 heteroatoms. The summed E-state index contributed by atoms with van der Waals surface area (Å²) in [7, 11) is 0. The molecule has 0 aromatic carbocycles. The topological polar surface area (TPSA) is 68.8 Å². The van der Waals surface area contributed by atoms with Crippen LogP contribution in [0.1, 0.15) is 5.82 Å². The number of anilines is 1. The molecule has 0 aliphatic rings. The van der Waals surface area contributed by atoms with Gasteiger partial charge in [-0.05, 0) is 6.07 Å². The van der Waals surface area contributed by atoms with Crippen molar-refractivity contribution in [3.8, 4) is 0 Å². The molecule has 0 amide bonds. The molecule has 4 nitrogen and oxygen atoms in total. The molecule has 0 aliphatic carbocycles. The van der Waals surface area contributed by atoms with Crippen LogP contribution in [0.5, 0.6) is 0 Å². The van der Waals surface area contributed by atoms with Gasteiger partial charge in [0, 0.05) is 6.92 Å². The first-order chi connectivity index (χ1) is 5.27. The number of hydrogen-bond acceptors (Lipinski definition) is 2. The Morgan fingerprint density at radius 2 is 2.45 bits per heavy atom. The van der Waals surface area contributed by atoms with E-state index in [1.807, 2.05) is 19.2 Å². The first kappa shape index (κ1) is 6.15. The number of aromatic amines is 2. The van der Waals surface area contributed by atoms with Crippen LogP contribution in [-0.4, -0.2) is 9.97 Å². The molecular weight excluding hydrogens is 140 g/mol. The van der Waals surface area contributed by atoms with Gasteiger partial charge in [0.2, 0.25) is 17.3 Å². The summed E-state index contributed by atoms with van der Waals surface area (Å²) in [6.07, 6.45) is 1.83. The number of aryl methyl sites for hydroxylation is 1. The smallest absolute Gasteiger partial charge is 0.236 e. The molecule has 56 valence electrons. The Labute approximate surface area is 63.5 Å².